The minimum Gasteiger partial charge on any atom is -0.493 e. The molecule has 0 spiro atoms. The molecule has 5 aromatic heterocycles. The van der Waals surface area contributed by atoms with Crippen molar-refractivity contribution < 1.29 is 18.9 Å². The van der Waals surface area contributed by atoms with Crippen molar-refractivity contribution >= 4 is 67.9 Å². The Kier molecular flexibility index (Phi) is 12.7. The van der Waals surface area contributed by atoms with Crippen molar-refractivity contribution in [1.29, 1.82) is 0 Å². The number of nitrogens with one attached hydrogen (secondary N) is 2. The molecule has 2 aliphatic rings. The molecule has 18 heteroatoms. The third-order valence-corrected chi connectivity index (χ3v) is 11.9. The van der Waals surface area contributed by atoms with Gasteiger partial charge in [-0.3, -0.25) is 0 Å². The second-order valence-electron chi connectivity index (χ2n) is 15.4. The number of aromatic nitrogens is 12. The molecule has 0 saturated carbocycles. The molecule has 62 heavy (non-hydrogen) atoms. The predicted octanol–water partition coefficient (Wildman–Crippen LogP) is 10.8. The summed E-state index contributed by atoms with van der Waals surface area (Å²) in [6.45, 7) is 10.8. The Balaban J connectivity index is 1.38. The number of fused-ring (bicyclic) bond motifs is 20. The first-order valence-corrected chi connectivity index (χ1v) is 23.4. The van der Waals surface area contributed by atoms with Crippen LogP contribution in [0.25, 0.3) is 90.2 Å². The fraction of sp³-hybridized carbons (Fsp3) is 0.455. The maximum Gasteiger partial charge on any atom is 0.186 e. The van der Waals surface area contributed by atoms with Gasteiger partial charge in [0, 0.05) is 0 Å². The van der Waals surface area contributed by atoms with Gasteiger partial charge in [0.2, 0.25) is 0 Å². The highest BCUT2D eigenvalue weighted by Crippen LogP contribution is 2.47. The molecule has 0 atom stereocenters. The monoisotopic (exact) mass is 874 g/mol. The zero-order valence-corrected chi connectivity index (χ0v) is 37.2. The summed E-state index contributed by atoms with van der Waals surface area (Å²) in [5.41, 5.74) is 5.29. The zero-order chi connectivity index (χ0) is 42.4. The highest BCUT2D eigenvalue weighted by molar-refractivity contribution is 7.00. The van der Waals surface area contributed by atoms with Crippen LogP contribution >= 0.6 is 23.5 Å². The van der Waals surface area contributed by atoms with Crippen LogP contribution in [0.4, 0.5) is 0 Å². The third kappa shape index (κ3) is 8.24. The van der Waals surface area contributed by atoms with Crippen LogP contribution in [-0.2, 0) is 0 Å². The Labute approximate surface area is 367 Å². The summed E-state index contributed by atoms with van der Waals surface area (Å²) in [4.78, 5) is 37.7. The molecule has 0 amide bonds. The molecule has 0 radical (unpaired) electrons. The van der Waals surface area contributed by atoms with Crippen LogP contribution < -0.4 is 18.9 Å². The Bertz CT molecular complexity index is 2870. The van der Waals surface area contributed by atoms with E-state index in [1.165, 1.54) is 0 Å². The summed E-state index contributed by atoms with van der Waals surface area (Å²) in [5, 5.41) is 1.41. The SMILES string of the molecule is CCCCCOc1ccc(OCCCCC)c2c1-c1nc-2nc2[nH]c(nc3nc(nc4[nH]c(n1)c1nsnc41)-c1nsnc1-3)c1c(OCCCCC)ccc(OCCCCC)c21. The number of benzene rings is 2. The van der Waals surface area contributed by atoms with E-state index in [1.54, 1.807) is 0 Å². The van der Waals surface area contributed by atoms with Crippen molar-refractivity contribution in [1.82, 2.24) is 57.4 Å². The highest BCUT2D eigenvalue weighted by atomic mass is 32.1. The number of rotatable bonds is 20. The Hall–Kier alpha value is -5.88. The van der Waals surface area contributed by atoms with Gasteiger partial charge in [-0.15, -0.1) is 0 Å². The van der Waals surface area contributed by atoms with Crippen molar-refractivity contribution in [2.75, 3.05) is 26.4 Å². The van der Waals surface area contributed by atoms with Gasteiger partial charge in [-0.1, -0.05) is 79.1 Å². The van der Waals surface area contributed by atoms with Crippen molar-refractivity contribution in [2.45, 2.75) is 105 Å². The van der Waals surface area contributed by atoms with Gasteiger partial charge in [-0.2, -0.15) is 17.5 Å². The van der Waals surface area contributed by atoms with E-state index in [1.807, 2.05) is 24.3 Å². The standard InChI is InChI=1S/C44H50N12O4S2/c1-5-9-13-21-57-25-17-19-27(59-23-15-11-7-3)31-29(25)37-45-38-30-26(58-22-14-10-6-2)18-20-28(60-24-16-12-8-4)32(30)40(47-38)49-42-34-36(56-62-54-34)44(51-42)52-43-35-33(53-61-55-35)41(50-43)48-39(31)46-37/h17-20H,5-16,21-24H2,1-4H3,(H2,45,46,47,48,49,50,51,52). The predicted molar refractivity (Wildman–Crippen MR) is 243 cm³/mol. The van der Waals surface area contributed by atoms with Gasteiger partial charge in [0.15, 0.2) is 57.0 Å². The molecule has 2 N–H and O–H groups in total. The van der Waals surface area contributed by atoms with E-state index in [0.717, 1.165) is 101 Å². The molecule has 0 unspecified atom stereocenters. The average Bonchev–Trinajstić information content (AvgIpc) is 4.14. The number of aromatic amines is 2. The normalized spacial score (nSPS) is 11.9. The maximum absolute atomic E-state index is 6.58. The van der Waals surface area contributed by atoms with Crippen molar-refractivity contribution in [3.05, 3.63) is 24.3 Å². The van der Waals surface area contributed by atoms with Gasteiger partial charge >= 0.3 is 0 Å². The topological polar surface area (TPSA) is 197 Å². The molecule has 322 valence electrons. The Morgan fingerprint density at radius 3 is 1.23 bits per heavy atom. The summed E-state index contributed by atoms with van der Waals surface area (Å²) >= 11 is 2.15. The molecule has 2 aromatic carbocycles. The van der Waals surface area contributed by atoms with Gasteiger partial charge in [0.25, 0.3) is 0 Å². The first kappa shape index (κ1) is 41.5. The summed E-state index contributed by atoms with van der Waals surface area (Å²) in [7, 11) is 0. The molecule has 0 fully saturated rings. The van der Waals surface area contributed by atoms with Crippen LogP contribution in [0.2, 0.25) is 0 Å². The Morgan fingerprint density at radius 1 is 0.403 bits per heavy atom. The van der Waals surface area contributed by atoms with Gasteiger partial charge in [-0.05, 0) is 49.9 Å². The fourth-order valence-corrected chi connectivity index (χ4v) is 8.69. The van der Waals surface area contributed by atoms with Crippen LogP contribution in [0.3, 0.4) is 0 Å². The first-order chi connectivity index (χ1) is 30.6. The smallest absolute Gasteiger partial charge is 0.186 e. The van der Waals surface area contributed by atoms with Crippen molar-refractivity contribution in [3.63, 3.8) is 0 Å². The van der Waals surface area contributed by atoms with E-state index in [2.05, 4.69) is 55.2 Å². The van der Waals surface area contributed by atoms with Crippen LogP contribution in [0, 0.1) is 0 Å². The molecular weight excluding hydrogens is 825 g/mol. The van der Waals surface area contributed by atoms with Gasteiger partial charge in [0.05, 0.1) is 71.8 Å². The quantitative estimate of drug-likeness (QED) is 0.0686. The molecule has 16 nitrogen and oxygen atoms in total. The number of nitrogens with zero attached hydrogens (tertiary/aromatic N) is 10. The Morgan fingerprint density at radius 2 is 0.758 bits per heavy atom. The fourth-order valence-electron chi connectivity index (χ4n) is 7.60. The first-order valence-electron chi connectivity index (χ1n) is 21.9. The van der Waals surface area contributed by atoms with Crippen molar-refractivity contribution in [3.8, 4) is 68.8 Å². The molecule has 7 heterocycles. The van der Waals surface area contributed by atoms with Gasteiger partial charge in [0.1, 0.15) is 34.3 Å². The molecule has 9 rings (SSSR count). The summed E-state index contributed by atoms with van der Waals surface area (Å²) < 4.78 is 44.7. The number of H-pyrrole nitrogens is 2. The zero-order valence-electron chi connectivity index (χ0n) is 35.5. The summed E-state index contributed by atoms with van der Waals surface area (Å²) in [6.07, 6.45) is 12.1. The minimum atomic E-state index is 0.339. The van der Waals surface area contributed by atoms with E-state index < -0.39 is 0 Å². The average molecular weight is 875 g/mol. The summed E-state index contributed by atoms with van der Waals surface area (Å²) in [6, 6.07) is 7.81. The van der Waals surface area contributed by atoms with Crippen LogP contribution in [0.5, 0.6) is 23.0 Å². The lowest BCUT2D eigenvalue weighted by molar-refractivity contribution is 0.300. The van der Waals surface area contributed by atoms with Crippen molar-refractivity contribution in [2.24, 2.45) is 0 Å². The molecule has 2 aliphatic heterocycles. The van der Waals surface area contributed by atoms with Crippen LogP contribution in [-0.4, -0.2) is 83.8 Å². The van der Waals surface area contributed by atoms with E-state index in [9.17, 15) is 0 Å². The second-order valence-corrected chi connectivity index (χ2v) is 16.4. The van der Waals surface area contributed by atoms with E-state index >= 15 is 0 Å². The highest BCUT2D eigenvalue weighted by Gasteiger charge is 2.30. The molecular formula is C44H50N12O4S2. The third-order valence-electron chi connectivity index (χ3n) is 10.8. The molecule has 7 aromatic rings. The maximum atomic E-state index is 6.58. The minimum absolute atomic E-state index is 0.339. The number of ether oxygens (including phenoxy) is 4. The summed E-state index contributed by atoms with van der Waals surface area (Å²) in [5.74, 6) is 4.01. The number of hydrogen-bond acceptors (Lipinski definition) is 16. The van der Waals surface area contributed by atoms with Gasteiger partial charge in [-0.25, -0.2) is 29.9 Å². The van der Waals surface area contributed by atoms with E-state index in [0.29, 0.717) is 140 Å². The van der Waals surface area contributed by atoms with Crippen LogP contribution in [0.1, 0.15) is 105 Å². The van der Waals surface area contributed by atoms with Crippen LogP contribution in [0.15, 0.2) is 24.3 Å². The number of unbranched alkanes of at least 4 members (excludes halogenated alkanes) is 8. The largest absolute Gasteiger partial charge is 0.493 e. The lowest BCUT2D eigenvalue weighted by Crippen LogP contribution is -2.02. The lowest BCUT2D eigenvalue weighted by Gasteiger charge is -2.14. The van der Waals surface area contributed by atoms with E-state index in [4.69, 9.17) is 48.9 Å². The molecule has 8 bridgehead atoms. The molecule has 0 aliphatic carbocycles. The second kappa shape index (κ2) is 19.0. The lowest BCUT2D eigenvalue weighted by atomic mass is 10.1. The number of hydrogen-bond donors (Lipinski definition) is 2. The molecule has 0 saturated heterocycles. The van der Waals surface area contributed by atoms with E-state index in [-0.39, 0.29) is 0 Å². The van der Waals surface area contributed by atoms with Gasteiger partial charge < -0.3 is 28.9 Å².